The minimum atomic E-state index is -1.09. The molecule has 0 aliphatic heterocycles. The van der Waals surface area contributed by atoms with Gasteiger partial charge in [0.2, 0.25) is 0 Å². The van der Waals surface area contributed by atoms with Crippen molar-refractivity contribution < 1.29 is 18.0 Å². The molecule has 86 valence electrons. The van der Waals surface area contributed by atoms with Crippen LogP contribution in [0.2, 0.25) is 0 Å². The van der Waals surface area contributed by atoms with Gasteiger partial charge in [-0.1, -0.05) is 0 Å². The van der Waals surface area contributed by atoms with Crippen LogP contribution >= 0.6 is 0 Å². The van der Waals surface area contributed by atoms with Crippen molar-refractivity contribution in [2.75, 3.05) is 6.67 Å². The van der Waals surface area contributed by atoms with Crippen LogP contribution in [-0.4, -0.2) is 18.1 Å². The number of nitrogens with one attached hydrogen (secondary N) is 1. The monoisotopic (exact) mass is 229 g/mol. The number of amides is 1. The maximum absolute atomic E-state index is 12.8. The minimum absolute atomic E-state index is 0.00127. The van der Waals surface area contributed by atoms with E-state index in [1.807, 2.05) is 0 Å². The van der Waals surface area contributed by atoms with Gasteiger partial charge in [-0.05, 0) is 31.0 Å². The lowest BCUT2D eigenvalue weighted by molar-refractivity contribution is 0.0923. The van der Waals surface area contributed by atoms with Crippen molar-refractivity contribution in [1.82, 2.24) is 5.32 Å². The van der Waals surface area contributed by atoms with Crippen LogP contribution in [0.5, 0.6) is 0 Å². The summed E-state index contributed by atoms with van der Waals surface area (Å²) in [6.07, 6.45) is 1.16. The molecule has 1 aliphatic rings. The van der Waals surface area contributed by atoms with E-state index in [-0.39, 0.29) is 5.56 Å². The average molecular weight is 229 g/mol. The Hall–Kier alpha value is -1.52. The second-order valence-electron chi connectivity index (χ2n) is 4.00. The molecule has 1 aromatic carbocycles. The van der Waals surface area contributed by atoms with E-state index in [0.717, 1.165) is 12.1 Å². The van der Waals surface area contributed by atoms with Gasteiger partial charge in [-0.15, -0.1) is 0 Å². The summed E-state index contributed by atoms with van der Waals surface area (Å²) in [7, 11) is 0. The zero-order valence-electron chi connectivity index (χ0n) is 8.40. The maximum Gasteiger partial charge on any atom is 0.251 e. The smallest absolute Gasteiger partial charge is 0.251 e. The van der Waals surface area contributed by atoms with E-state index < -0.39 is 29.8 Å². The van der Waals surface area contributed by atoms with Crippen LogP contribution in [0.15, 0.2) is 18.2 Å². The molecule has 0 heterocycles. The Labute approximate surface area is 90.5 Å². The number of benzene rings is 1. The summed E-state index contributed by atoms with van der Waals surface area (Å²) in [6.45, 7) is -0.636. The molecule has 2 rings (SSSR count). The minimum Gasteiger partial charge on any atom is -0.344 e. The first-order chi connectivity index (χ1) is 7.56. The van der Waals surface area contributed by atoms with Crippen molar-refractivity contribution in [3.8, 4) is 0 Å². The van der Waals surface area contributed by atoms with Crippen LogP contribution in [0.3, 0.4) is 0 Å². The van der Waals surface area contributed by atoms with Crippen molar-refractivity contribution in [3.05, 3.63) is 35.4 Å². The van der Waals surface area contributed by atoms with Crippen LogP contribution in [0.25, 0.3) is 0 Å². The molecule has 5 heteroatoms. The van der Waals surface area contributed by atoms with Crippen molar-refractivity contribution in [2.45, 2.75) is 18.4 Å². The molecular formula is C11H10F3NO. The molecule has 0 atom stereocenters. The van der Waals surface area contributed by atoms with Crippen LogP contribution in [-0.2, 0) is 0 Å². The number of carbonyl (C=O) groups excluding carboxylic acids is 1. The van der Waals surface area contributed by atoms with Gasteiger partial charge < -0.3 is 5.32 Å². The number of hydrogen-bond donors (Lipinski definition) is 1. The molecule has 0 unspecified atom stereocenters. The van der Waals surface area contributed by atoms with E-state index >= 15 is 0 Å². The SMILES string of the molecule is O=C(NC1(CF)CC1)c1ccc(F)c(F)c1. The Kier molecular flexibility index (Phi) is 2.61. The molecule has 0 aromatic heterocycles. The summed E-state index contributed by atoms with van der Waals surface area (Å²) in [5.41, 5.74) is -0.777. The predicted octanol–water partition coefficient (Wildman–Crippen LogP) is 2.20. The van der Waals surface area contributed by atoms with Crippen LogP contribution in [0.4, 0.5) is 13.2 Å². The van der Waals surface area contributed by atoms with Gasteiger partial charge in [0, 0.05) is 5.56 Å². The molecule has 1 aromatic rings. The third-order valence-corrected chi connectivity index (χ3v) is 2.67. The van der Waals surface area contributed by atoms with Gasteiger partial charge in [0.1, 0.15) is 6.67 Å². The van der Waals surface area contributed by atoms with E-state index in [0.29, 0.717) is 12.8 Å². The van der Waals surface area contributed by atoms with E-state index in [1.165, 1.54) is 6.07 Å². The summed E-state index contributed by atoms with van der Waals surface area (Å²) >= 11 is 0. The van der Waals surface area contributed by atoms with Crippen LogP contribution < -0.4 is 5.32 Å². The Morgan fingerprint density at radius 2 is 2.00 bits per heavy atom. The fourth-order valence-electron chi connectivity index (χ4n) is 1.39. The van der Waals surface area contributed by atoms with Crippen molar-refractivity contribution in [3.63, 3.8) is 0 Å². The summed E-state index contributed by atoms with van der Waals surface area (Å²) < 4.78 is 38.0. The Bertz CT molecular complexity index is 429. The topological polar surface area (TPSA) is 29.1 Å². The van der Waals surface area contributed by atoms with Gasteiger partial charge in [0.05, 0.1) is 5.54 Å². The maximum atomic E-state index is 12.8. The number of carbonyl (C=O) groups is 1. The van der Waals surface area contributed by atoms with Gasteiger partial charge in [-0.3, -0.25) is 4.79 Å². The van der Waals surface area contributed by atoms with Crippen molar-refractivity contribution in [2.24, 2.45) is 0 Å². The Morgan fingerprint density at radius 1 is 1.31 bits per heavy atom. The fraction of sp³-hybridized carbons (Fsp3) is 0.364. The molecule has 2 nitrogen and oxygen atoms in total. The lowest BCUT2D eigenvalue weighted by atomic mass is 10.2. The zero-order chi connectivity index (χ0) is 11.8. The standard InChI is InChI=1S/C11H10F3NO/c12-6-11(3-4-11)15-10(16)7-1-2-8(13)9(14)5-7/h1-2,5H,3-4,6H2,(H,15,16). The van der Waals surface area contributed by atoms with Gasteiger partial charge in [-0.25, -0.2) is 13.2 Å². The first kappa shape index (κ1) is 11.0. The first-order valence-corrected chi connectivity index (χ1v) is 4.90. The number of alkyl halides is 1. The van der Waals surface area contributed by atoms with E-state index in [2.05, 4.69) is 5.32 Å². The molecule has 1 aliphatic carbocycles. The number of rotatable bonds is 3. The second-order valence-corrected chi connectivity index (χ2v) is 4.00. The molecule has 1 N–H and O–H groups in total. The first-order valence-electron chi connectivity index (χ1n) is 4.90. The molecule has 0 spiro atoms. The number of hydrogen-bond acceptors (Lipinski definition) is 1. The predicted molar refractivity (Wildman–Crippen MR) is 51.8 cm³/mol. The molecule has 1 saturated carbocycles. The zero-order valence-corrected chi connectivity index (χ0v) is 8.40. The van der Waals surface area contributed by atoms with E-state index in [4.69, 9.17) is 0 Å². The Balaban J connectivity index is 2.12. The van der Waals surface area contributed by atoms with E-state index in [9.17, 15) is 18.0 Å². The lowest BCUT2D eigenvalue weighted by Crippen LogP contribution is -2.38. The molecular weight excluding hydrogens is 219 g/mol. The molecule has 0 saturated heterocycles. The highest BCUT2D eigenvalue weighted by atomic mass is 19.2. The highest BCUT2D eigenvalue weighted by Gasteiger charge is 2.44. The van der Waals surface area contributed by atoms with Gasteiger partial charge in [-0.2, -0.15) is 0 Å². The molecule has 0 bridgehead atoms. The van der Waals surface area contributed by atoms with Crippen LogP contribution in [0, 0.1) is 11.6 Å². The highest BCUT2D eigenvalue weighted by Crippen LogP contribution is 2.35. The summed E-state index contributed by atoms with van der Waals surface area (Å²) in [4.78, 5) is 11.6. The number of halogens is 3. The Morgan fingerprint density at radius 3 is 2.50 bits per heavy atom. The molecule has 1 fully saturated rings. The lowest BCUT2D eigenvalue weighted by Gasteiger charge is -2.13. The van der Waals surface area contributed by atoms with Crippen LogP contribution in [0.1, 0.15) is 23.2 Å². The second kappa shape index (κ2) is 3.81. The highest BCUT2D eigenvalue weighted by molar-refractivity contribution is 5.94. The quantitative estimate of drug-likeness (QED) is 0.845. The molecule has 1 amide bonds. The normalized spacial score (nSPS) is 16.9. The third-order valence-electron chi connectivity index (χ3n) is 2.67. The largest absolute Gasteiger partial charge is 0.344 e. The van der Waals surface area contributed by atoms with Gasteiger partial charge >= 0.3 is 0 Å². The fourth-order valence-corrected chi connectivity index (χ4v) is 1.39. The van der Waals surface area contributed by atoms with E-state index in [1.54, 1.807) is 0 Å². The third kappa shape index (κ3) is 2.03. The van der Waals surface area contributed by atoms with Gasteiger partial charge in [0.15, 0.2) is 11.6 Å². The summed E-state index contributed by atoms with van der Waals surface area (Å²) in [5.74, 6) is -2.67. The van der Waals surface area contributed by atoms with Crippen molar-refractivity contribution >= 4 is 5.91 Å². The molecule has 16 heavy (non-hydrogen) atoms. The summed E-state index contributed by atoms with van der Waals surface area (Å²) in [6, 6.07) is 2.85. The average Bonchev–Trinajstić information content (AvgIpc) is 3.02. The molecule has 0 radical (unpaired) electrons. The summed E-state index contributed by atoms with van der Waals surface area (Å²) in [5, 5.41) is 2.48. The van der Waals surface area contributed by atoms with Crippen molar-refractivity contribution in [1.29, 1.82) is 0 Å². The van der Waals surface area contributed by atoms with Gasteiger partial charge in [0.25, 0.3) is 5.91 Å².